The standard InChI is InChI=1S/C6H5ClO3S.C2H4/c7-5-2-1-3-6(4-5)11(8,9)10;1-2/h1-4H,(H,8,9,10);1-2H2. The summed E-state index contributed by atoms with van der Waals surface area (Å²) in [7, 11) is -4.11. The quantitative estimate of drug-likeness (QED) is 0.584. The van der Waals surface area contributed by atoms with Gasteiger partial charge in [0.2, 0.25) is 0 Å². The van der Waals surface area contributed by atoms with Crippen LogP contribution in [0.4, 0.5) is 0 Å². The Kier molecular flexibility index (Phi) is 4.69. The van der Waals surface area contributed by atoms with E-state index in [1.54, 1.807) is 0 Å². The molecule has 3 nitrogen and oxygen atoms in total. The van der Waals surface area contributed by atoms with Crippen LogP contribution in [0, 0.1) is 0 Å². The van der Waals surface area contributed by atoms with Gasteiger partial charge in [0, 0.05) is 5.02 Å². The van der Waals surface area contributed by atoms with Crippen LogP contribution in [0.3, 0.4) is 0 Å². The van der Waals surface area contributed by atoms with Crippen LogP contribution in [0.15, 0.2) is 42.3 Å². The van der Waals surface area contributed by atoms with E-state index in [0.29, 0.717) is 0 Å². The van der Waals surface area contributed by atoms with Crippen molar-refractivity contribution in [2.75, 3.05) is 0 Å². The number of benzene rings is 1. The second-order valence-corrected chi connectivity index (χ2v) is 3.79. The lowest BCUT2D eigenvalue weighted by molar-refractivity contribution is 0.483. The van der Waals surface area contributed by atoms with Crippen molar-refractivity contribution in [1.82, 2.24) is 0 Å². The number of hydrogen-bond donors (Lipinski definition) is 1. The van der Waals surface area contributed by atoms with Crippen molar-refractivity contribution in [2.45, 2.75) is 4.90 Å². The zero-order valence-corrected chi connectivity index (χ0v) is 8.35. The summed E-state index contributed by atoms with van der Waals surface area (Å²) in [6.45, 7) is 6.00. The molecule has 13 heavy (non-hydrogen) atoms. The van der Waals surface area contributed by atoms with Gasteiger partial charge in [0.1, 0.15) is 0 Å². The van der Waals surface area contributed by atoms with Crippen LogP contribution in [-0.2, 0) is 10.1 Å². The molecule has 0 fully saturated rings. The largest absolute Gasteiger partial charge is 0.294 e. The lowest BCUT2D eigenvalue weighted by atomic mass is 10.4. The van der Waals surface area contributed by atoms with Crippen LogP contribution in [-0.4, -0.2) is 13.0 Å². The molecule has 0 spiro atoms. The molecule has 0 atom stereocenters. The van der Waals surface area contributed by atoms with Crippen molar-refractivity contribution in [2.24, 2.45) is 0 Å². The molecule has 72 valence electrons. The first-order valence-corrected chi connectivity index (χ1v) is 5.05. The van der Waals surface area contributed by atoms with E-state index in [1.165, 1.54) is 24.3 Å². The van der Waals surface area contributed by atoms with E-state index in [0.717, 1.165) is 0 Å². The average Bonchev–Trinajstić information content (AvgIpc) is 2.06. The second-order valence-electron chi connectivity index (χ2n) is 1.93. The summed E-state index contributed by atoms with van der Waals surface area (Å²) in [5.74, 6) is 0. The predicted octanol–water partition coefficient (Wildman–Crippen LogP) is 2.39. The Bertz CT molecular complexity index is 373. The lowest BCUT2D eigenvalue weighted by Gasteiger charge is -1.95. The van der Waals surface area contributed by atoms with Gasteiger partial charge in [0.05, 0.1) is 4.90 Å². The van der Waals surface area contributed by atoms with Gasteiger partial charge in [-0.05, 0) is 18.2 Å². The summed E-state index contributed by atoms with van der Waals surface area (Å²) in [5.41, 5.74) is 0. The highest BCUT2D eigenvalue weighted by atomic mass is 35.5. The Balaban J connectivity index is 0.000000671. The number of hydrogen-bond acceptors (Lipinski definition) is 2. The molecule has 0 radical (unpaired) electrons. The fourth-order valence-electron chi connectivity index (χ4n) is 0.627. The Morgan fingerprint density at radius 2 is 1.85 bits per heavy atom. The van der Waals surface area contributed by atoms with Gasteiger partial charge in [0.25, 0.3) is 10.1 Å². The SMILES string of the molecule is C=C.O=S(=O)(O)c1cccc(Cl)c1. The molecule has 0 heterocycles. The van der Waals surface area contributed by atoms with Crippen LogP contribution < -0.4 is 0 Å². The highest BCUT2D eigenvalue weighted by molar-refractivity contribution is 7.85. The Morgan fingerprint density at radius 3 is 2.15 bits per heavy atom. The second kappa shape index (κ2) is 5.01. The molecule has 0 saturated heterocycles. The summed E-state index contributed by atoms with van der Waals surface area (Å²) in [6.07, 6.45) is 0. The lowest BCUT2D eigenvalue weighted by Crippen LogP contribution is -1.96. The molecule has 1 aromatic rings. The summed E-state index contributed by atoms with van der Waals surface area (Å²) in [6, 6.07) is 5.42. The molecule has 0 aromatic heterocycles. The minimum absolute atomic E-state index is 0.190. The molecular weight excluding hydrogens is 212 g/mol. The molecule has 0 saturated carbocycles. The summed E-state index contributed by atoms with van der Waals surface area (Å²) in [4.78, 5) is -0.190. The van der Waals surface area contributed by atoms with Crippen LogP contribution in [0.25, 0.3) is 0 Å². The maximum atomic E-state index is 10.5. The molecule has 1 N–H and O–H groups in total. The molecule has 0 unspecified atom stereocenters. The van der Waals surface area contributed by atoms with E-state index in [-0.39, 0.29) is 9.92 Å². The first-order valence-electron chi connectivity index (χ1n) is 3.23. The minimum atomic E-state index is -4.11. The maximum Gasteiger partial charge on any atom is 0.294 e. The van der Waals surface area contributed by atoms with Gasteiger partial charge in [-0.25, -0.2) is 0 Å². The van der Waals surface area contributed by atoms with Gasteiger partial charge in [-0.2, -0.15) is 8.42 Å². The highest BCUT2D eigenvalue weighted by Crippen LogP contribution is 2.14. The van der Waals surface area contributed by atoms with E-state index in [9.17, 15) is 8.42 Å². The Morgan fingerprint density at radius 1 is 1.31 bits per heavy atom. The third-order valence-corrected chi connectivity index (χ3v) is 2.18. The molecule has 5 heteroatoms. The molecule has 1 aromatic carbocycles. The highest BCUT2D eigenvalue weighted by Gasteiger charge is 2.07. The zero-order valence-electron chi connectivity index (χ0n) is 6.77. The molecular formula is C8H9ClO3S. The number of halogens is 1. The van der Waals surface area contributed by atoms with Crippen LogP contribution in [0.2, 0.25) is 5.02 Å². The van der Waals surface area contributed by atoms with E-state index in [2.05, 4.69) is 13.2 Å². The fourth-order valence-corrected chi connectivity index (χ4v) is 1.41. The van der Waals surface area contributed by atoms with Crippen molar-refractivity contribution in [3.05, 3.63) is 42.4 Å². The van der Waals surface area contributed by atoms with E-state index < -0.39 is 10.1 Å². The third kappa shape index (κ3) is 4.07. The normalized spacial score (nSPS) is 10.0. The fraction of sp³-hybridized carbons (Fsp3) is 0. The van der Waals surface area contributed by atoms with Crippen molar-refractivity contribution < 1.29 is 13.0 Å². The van der Waals surface area contributed by atoms with Crippen molar-refractivity contribution in [3.8, 4) is 0 Å². The van der Waals surface area contributed by atoms with Gasteiger partial charge in [-0.3, -0.25) is 4.55 Å². The smallest absolute Gasteiger partial charge is 0.282 e. The Labute approximate surface area is 82.4 Å². The van der Waals surface area contributed by atoms with E-state index in [1.807, 2.05) is 0 Å². The zero-order chi connectivity index (χ0) is 10.5. The molecule has 0 bridgehead atoms. The topological polar surface area (TPSA) is 54.4 Å². The molecule has 0 aliphatic rings. The van der Waals surface area contributed by atoms with Crippen molar-refractivity contribution in [1.29, 1.82) is 0 Å². The molecule has 0 aliphatic heterocycles. The molecule has 1 rings (SSSR count). The van der Waals surface area contributed by atoms with Crippen LogP contribution in [0.5, 0.6) is 0 Å². The minimum Gasteiger partial charge on any atom is -0.282 e. The van der Waals surface area contributed by atoms with Crippen molar-refractivity contribution in [3.63, 3.8) is 0 Å². The summed E-state index contributed by atoms with van der Waals surface area (Å²) in [5, 5.41) is 0.278. The van der Waals surface area contributed by atoms with Crippen LogP contribution in [0.1, 0.15) is 0 Å². The van der Waals surface area contributed by atoms with Gasteiger partial charge < -0.3 is 0 Å². The summed E-state index contributed by atoms with van der Waals surface area (Å²) >= 11 is 5.48. The maximum absolute atomic E-state index is 10.5. The van der Waals surface area contributed by atoms with Crippen molar-refractivity contribution >= 4 is 21.7 Å². The van der Waals surface area contributed by atoms with Gasteiger partial charge >= 0.3 is 0 Å². The average molecular weight is 221 g/mol. The Hall–Kier alpha value is -0.840. The first-order chi connectivity index (χ1) is 6.00. The van der Waals surface area contributed by atoms with Gasteiger partial charge in [0.15, 0.2) is 0 Å². The summed E-state index contributed by atoms with van der Waals surface area (Å²) < 4.78 is 29.5. The molecule has 0 amide bonds. The number of rotatable bonds is 1. The first kappa shape index (κ1) is 12.2. The molecule has 0 aliphatic carbocycles. The van der Waals surface area contributed by atoms with Gasteiger partial charge in [-0.1, -0.05) is 17.7 Å². The van der Waals surface area contributed by atoms with Gasteiger partial charge in [-0.15, -0.1) is 13.2 Å². The van der Waals surface area contributed by atoms with Crippen LogP contribution >= 0.6 is 11.6 Å². The van der Waals surface area contributed by atoms with E-state index in [4.69, 9.17) is 16.2 Å². The monoisotopic (exact) mass is 220 g/mol. The van der Waals surface area contributed by atoms with E-state index >= 15 is 0 Å². The third-order valence-electron chi connectivity index (χ3n) is 1.09. The predicted molar refractivity (Wildman–Crippen MR) is 52.5 cm³/mol.